The van der Waals surface area contributed by atoms with Gasteiger partial charge in [0.15, 0.2) is 5.82 Å². The molecule has 9 nitrogen and oxygen atoms in total. The molecule has 2 heterocycles. The lowest BCUT2D eigenvalue weighted by Gasteiger charge is -2.23. The van der Waals surface area contributed by atoms with Gasteiger partial charge in [-0.05, 0) is 64.3 Å². The highest BCUT2D eigenvalue weighted by atomic mass is 79.9. The molecule has 0 N–H and O–H groups in total. The minimum absolute atomic E-state index is 0.00737. The Balaban J connectivity index is 1.68. The Bertz CT molecular complexity index is 1950. The van der Waals surface area contributed by atoms with Crippen LogP contribution in [-0.2, 0) is 16.6 Å². The maximum atomic E-state index is 15.8. The Labute approximate surface area is 241 Å². The summed E-state index contributed by atoms with van der Waals surface area (Å²) in [5, 5.41) is 3.99. The number of nitrogens with zero attached hydrogens (tertiary/aromatic N) is 3. The quantitative estimate of drug-likeness (QED) is 0.212. The van der Waals surface area contributed by atoms with Gasteiger partial charge in [0.1, 0.15) is 34.3 Å². The number of pyridine rings is 1. The monoisotopic (exact) mass is 645 g/mol. The molecule has 41 heavy (non-hydrogen) atoms. The van der Waals surface area contributed by atoms with Crippen molar-refractivity contribution in [3.05, 3.63) is 105 Å². The molecule has 0 aliphatic heterocycles. The zero-order valence-electron chi connectivity index (χ0n) is 21.9. The van der Waals surface area contributed by atoms with Crippen molar-refractivity contribution in [2.75, 3.05) is 18.5 Å². The van der Waals surface area contributed by atoms with Crippen LogP contribution < -0.4 is 19.3 Å². The first-order chi connectivity index (χ1) is 19.5. The van der Waals surface area contributed by atoms with E-state index < -0.39 is 32.1 Å². The Kier molecular flexibility index (Phi) is 7.58. The summed E-state index contributed by atoms with van der Waals surface area (Å²) >= 11 is 3.08. The fourth-order valence-corrected chi connectivity index (χ4v) is 6.20. The summed E-state index contributed by atoms with van der Waals surface area (Å²) in [6, 6.07) is 13.5. The SMILES string of the molecule is COc1ccc(CN(c2ccon2)S(=O)(=O)c2cc3ccc(=O)n(-c4cc(F)c(Br)cc4OC)c3cc2F)c(C)c1. The molecule has 2 aromatic heterocycles. The lowest BCUT2D eigenvalue weighted by atomic mass is 10.1. The predicted molar refractivity (Wildman–Crippen MR) is 151 cm³/mol. The van der Waals surface area contributed by atoms with Crippen molar-refractivity contribution in [1.82, 2.24) is 9.72 Å². The van der Waals surface area contributed by atoms with E-state index in [1.54, 1.807) is 25.1 Å². The molecule has 0 aliphatic rings. The molecule has 212 valence electrons. The average molecular weight is 646 g/mol. The summed E-state index contributed by atoms with van der Waals surface area (Å²) in [5.74, 6) is -1.14. The van der Waals surface area contributed by atoms with E-state index in [4.69, 9.17) is 14.0 Å². The van der Waals surface area contributed by atoms with Crippen LogP contribution >= 0.6 is 15.9 Å². The summed E-state index contributed by atoms with van der Waals surface area (Å²) < 4.78 is 75.8. The molecule has 0 amide bonds. The number of hydrogen-bond acceptors (Lipinski definition) is 7. The van der Waals surface area contributed by atoms with Crippen molar-refractivity contribution < 1.29 is 31.2 Å². The number of anilines is 1. The van der Waals surface area contributed by atoms with Crippen LogP contribution in [0.1, 0.15) is 11.1 Å². The Morgan fingerprint density at radius 2 is 1.78 bits per heavy atom. The lowest BCUT2D eigenvalue weighted by Crippen LogP contribution is -2.32. The Hall–Kier alpha value is -4.23. The van der Waals surface area contributed by atoms with Crippen molar-refractivity contribution in [1.29, 1.82) is 0 Å². The van der Waals surface area contributed by atoms with Gasteiger partial charge >= 0.3 is 0 Å². The molecule has 0 fully saturated rings. The van der Waals surface area contributed by atoms with Crippen molar-refractivity contribution >= 4 is 42.7 Å². The molecule has 13 heteroatoms. The van der Waals surface area contributed by atoms with E-state index in [0.29, 0.717) is 11.3 Å². The predicted octanol–water partition coefficient (Wildman–Crippen LogP) is 5.74. The van der Waals surface area contributed by atoms with Crippen molar-refractivity contribution in [2.45, 2.75) is 18.4 Å². The summed E-state index contributed by atoms with van der Waals surface area (Å²) in [6.07, 6.45) is 1.21. The zero-order valence-corrected chi connectivity index (χ0v) is 24.3. The molecular formula is C28H22BrF2N3O6S. The summed E-state index contributed by atoms with van der Waals surface area (Å²) in [5.41, 5.74) is 0.779. The fourth-order valence-electron chi connectivity index (χ4n) is 4.41. The van der Waals surface area contributed by atoms with Gasteiger partial charge in [0.2, 0.25) is 0 Å². The molecule has 0 bridgehead atoms. The molecule has 5 aromatic rings. The van der Waals surface area contributed by atoms with Crippen molar-refractivity contribution in [3.63, 3.8) is 0 Å². The number of ether oxygens (including phenoxy) is 2. The molecule has 5 rings (SSSR count). The Morgan fingerprint density at radius 3 is 2.44 bits per heavy atom. The van der Waals surface area contributed by atoms with Crippen LogP contribution in [0.15, 0.2) is 85.6 Å². The van der Waals surface area contributed by atoms with Gasteiger partial charge in [-0.3, -0.25) is 9.36 Å². The third-order valence-electron chi connectivity index (χ3n) is 6.52. The topological polar surface area (TPSA) is 104 Å². The second kappa shape index (κ2) is 11.0. The number of methoxy groups -OCH3 is 2. The van der Waals surface area contributed by atoms with Gasteiger partial charge in [-0.1, -0.05) is 11.2 Å². The highest BCUT2D eigenvalue weighted by molar-refractivity contribution is 9.10. The van der Waals surface area contributed by atoms with Crippen molar-refractivity contribution in [3.8, 4) is 17.2 Å². The first-order valence-electron chi connectivity index (χ1n) is 12.0. The minimum atomic E-state index is -4.56. The number of sulfonamides is 1. The number of fused-ring (bicyclic) bond motifs is 1. The smallest absolute Gasteiger partial charge is 0.268 e. The molecular weight excluding hydrogens is 624 g/mol. The highest BCUT2D eigenvalue weighted by Gasteiger charge is 2.31. The van der Waals surface area contributed by atoms with Gasteiger partial charge < -0.3 is 14.0 Å². The van der Waals surface area contributed by atoms with E-state index >= 15 is 4.39 Å². The molecule has 0 saturated heterocycles. The highest BCUT2D eigenvalue weighted by Crippen LogP contribution is 2.33. The maximum absolute atomic E-state index is 15.8. The normalized spacial score (nSPS) is 11.6. The number of rotatable bonds is 8. The Morgan fingerprint density at radius 1 is 1.00 bits per heavy atom. The summed E-state index contributed by atoms with van der Waals surface area (Å²) in [4.78, 5) is 12.3. The van der Waals surface area contributed by atoms with Crippen LogP contribution in [0.3, 0.4) is 0 Å². The van der Waals surface area contributed by atoms with Crippen LogP contribution in [0.4, 0.5) is 14.6 Å². The first-order valence-corrected chi connectivity index (χ1v) is 14.2. The molecule has 3 aromatic carbocycles. The van der Waals surface area contributed by atoms with E-state index in [-0.39, 0.29) is 39.2 Å². The lowest BCUT2D eigenvalue weighted by molar-refractivity contribution is 0.411. The molecule has 0 spiro atoms. The third-order valence-corrected chi connectivity index (χ3v) is 8.89. The van der Waals surface area contributed by atoms with Crippen molar-refractivity contribution in [2.24, 2.45) is 0 Å². The van der Waals surface area contributed by atoms with Crippen LogP contribution in [0.5, 0.6) is 11.5 Å². The van der Waals surface area contributed by atoms with Crippen LogP contribution in [-0.4, -0.2) is 32.4 Å². The van der Waals surface area contributed by atoms with E-state index in [1.807, 2.05) is 0 Å². The maximum Gasteiger partial charge on any atom is 0.268 e. The molecule has 0 saturated carbocycles. The van der Waals surface area contributed by atoms with Gasteiger partial charge in [-0.25, -0.2) is 21.5 Å². The van der Waals surface area contributed by atoms with Gasteiger partial charge in [0.05, 0.1) is 36.4 Å². The first kappa shape index (κ1) is 28.3. The minimum Gasteiger partial charge on any atom is -0.497 e. The summed E-state index contributed by atoms with van der Waals surface area (Å²) in [7, 11) is -1.70. The molecule has 0 atom stereocenters. The number of halogens is 3. The van der Waals surface area contributed by atoms with E-state index in [1.165, 1.54) is 44.7 Å². The molecule has 0 aliphatic carbocycles. The number of hydrogen-bond donors (Lipinski definition) is 0. The standard InChI is InChI=1S/C28H22BrF2N3O6S/c1-16-10-19(38-2)6-4-18(16)15-33(27-8-9-40-32-27)41(36,37)26-11-17-5-7-28(35)34(23(17)14-22(26)31)24-13-21(30)20(29)12-25(24)39-3/h4-14H,15H2,1-3H3. The van der Waals surface area contributed by atoms with Gasteiger partial charge in [-0.15, -0.1) is 0 Å². The van der Waals surface area contributed by atoms with Crippen LogP contribution in [0.25, 0.3) is 16.6 Å². The number of aromatic nitrogens is 2. The average Bonchev–Trinajstić information content (AvgIpc) is 3.47. The molecule has 0 unspecified atom stereocenters. The molecule has 0 radical (unpaired) electrons. The third kappa shape index (κ3) is 5.18. The van der Waals surface area contributed by atoms with E-state index in [9.17, 15) is 17.6 Å². The van der Waals surface area contributed by atoms with Crippen LogP contribution in [0.2, 0.25) is 0 Å². The van der Waals surface area contributed by atoms with Gasteiger partial charge in [-0.2, -0.15) is 0 Å². The second-order valence-electron chi connectivity index (χ2n) is 8.95. The zero-order chi connectivity index (χ0) is 29.5. The largest absolute Gasteiger partial charge is 0.497 e. The van der Waals surface area contributed by atoms with E-state index in [2.05, 4.69) is 21.1 Å². The number of benzene rings is 3. The van der Waals surface area contributed by atoms with Crippen LogP contribution in [0, 0.1) is 18.6 Å². The summed E-state index contributed by atoms with van der Waals surface area (Å²) in [6.45, 7) is 1.61. The van der Waals surface area contributed by atoms with E-state index in [0.717, 1.165) is 32.6 Å². The number of aryl methyl sites for hydroxylation is 1. The second-order valence-corrected chi connectivity index (χ2v) is 11.6. The fraction of sp³-hybridized carbons (Fsp3) is 0.143. The van der Waals surface area contributed by atoms with Gasteiger partial charge in [0, 0.05) is 29.7 Å². The van der Waals surface area contributed by atoms with Gasteiger partial charge in [0.25, 0.3) is 15.6 Å².